The van der Waals surface area contributed by atoms with Crippen LogP contribution in [0.2, 0.25) is 0 Å². The van der Waals surface area contributed by atoms with Crippen molar-refractivity contribution in [2.24, 2.45) is 0 Å². The van der Waals surface area contributed by atoms with Crippen molar-refractivity contribution < 1.29 is 4.79 Å². The van der Waals surface area contributed by atoms with Gasteiger partial charge in [0, 0.05) is 13.1 Å². The maximum atomic E-state index is 12.3. The quantitative estimate of drug-likeness (QED) is 0.777. The monoisotopic (exact) mass is 234 g/mol. The van der Waals surface area contributed by atoms with E-state index in [1.165, 1.54) is 6.33 Å². The second-order valence-corrected chi connectivity index (χ2v) is 4.55. The van der Waals surface area contributed by atoms with Crippen LogP contribution in [-0.4, -0.2) is 35.0 Å². The van der Waals surface area contributed by atoms with Gasteiger partial charge < -0.3 is 9.80 Å². The molecule has 0 spiro atoms. The van der Waals surface area contributed by atoms with Crippen molar-refractivity contribution in [1.82, 2.24) is 9.97 Å². The van der Waals surface area contributed by atoms with E-state index >= 15 is 0 Å². The molecule has 0 aliphatic carbocycles. The van der Waals surface area contributed by atoms with E-state index in [1.807, 2.05) is 6.92 Å². The van der Waals surface area contributed by atoms with Crippen molar-refractivity contribution in [3.63, 3.8) is 0 Å². The fourth-order valence-electron chi connectivity index (χ4n) is 2.34. The largest absolute Gasteiger partial charge is 0.340 e. The third-order valence-corrected chi connectivity index (χ3v) is 3.17. The zero-order valence-corrected chi connectivity index (χ0v) is 10.7. The van der Waals surface area contributed by atoms with Gasteiger partial charge in [0.1, 0.15) is 18.1 Å². The lowest BCUT2D eigenvalue weighted by atomic mass is 10.1. The van der Waals surface area contributed by atoms with Crippen molar-refractivity contribution in [2.45, 2.75) is 39.3 Å². The number of hydrogen-bond acceptors (Lipinski definition) is 4. The van der Waals surface area contributed by atoms with Gasteiger partial charge in [-0.25, -0.2) is 9.97 Å². The van der Waals surface area contributed by atoms with Gasteiger partial charge in [0.25, 0.3) is 0 Å². The minimum atomic E-state index is -0.123. The average molecular weight is 234 g/mol. The Morgan fingerprint density at radius 3 is 2.76 bits per heavy atom. The lowest BCUT2D eigenvalue weighted by Crippen LogP contribution is -2.54. The van der Waals surface area contributed by atoms with E-state index < -0.39 is 0 Å². The molecule has 2 rings (SSSR count). The Labute approximate surface area is 101 Å². The first-order valence-electron chi connectivity index (χ1n) is 5.93. The minimum Gasteiger partial charge on any atom is -0.340 e. The number of amides is 1. The summed E-state index contributed by atoms with van der Waals surface area (Å²) < 4.78 is 0. The van der Waals surface area contributed by atoms with Crippen molar-refractivity contribution in [3.8, 4) is 0 Å². The van der Waals surface area contributed by atoms with Crippen LogP contribution in [0.15, 0.2) is 12.5 Å². The maximum Gasteiger partial charge on any atom is 0.249 e. The molecule has 0 saturated heterocycles. The molecule has 0 radical (unpaired) electrons. The first-order chi connectivity index (χ1) is 8.07. The molecule has 5 heteroatoms. The Morgan fingerprint density at radius 2 is 2.18 bits per heavy atom. The summed E-state index contributed by atoms with van der Waals surface area (Å²) >= 11 is 0. The molecule has 1 aliphatic rings. The molecule has 1 atom stereocenters. The number of hydrogen-bond donors (Lipinski definition) is 0. The molecule has 1 amide bonds. The first kappa shape index (κ1) is 11.8. The third-order valence-electron chi connectivity index (χ3n) is 3.17. The number of nitrogens with zero attached hydrogens (tertiary/aromatic N) is 4. The Morgan fingerprint density at radius 1 is 1.47 bits per heavy atom. The van der Waals surface area contributed by atoms with Crippen LogP contribution in [0.4, 0.5) is 11.5 Å². The van der Waals surface area contributed by atoms with Gasteiger partial charge in [0.05, 0.1) is 6.20 Å². The summed E-state index contributed by atoms with van der Waals surface area (Å²) in [5.74, 6) is 0.965. The summed E-state index contributed by atoms with van der Waals surface area (Å²) in [6, 6.07) is 0.119. The molecule has 1 aromatic rings. The molecule has 0 unspecified atom stereocenters. The number of fused-ring (bicyclic) bond motifs is 1. The fourth-order valence-corrected chi connectivity index (χ4v) is 2.34. The molecule has 92 valence electrons. The molecule has 2 heterocycles. The highest BCUT2D eigenvalue weighted by Crippen LogP contribution is 2.34. The highest BCUT2D eigenvalue weighted by Gasteiger charge is 2.37. The Kier molecular flexibility index (Phi) is 3.00. The van der Waals surface area contributed by atoms with E-state index in [-0.39, 0.29) is 18.0 Å². The first-order valence-corrected chi connectivity index (χ1v) is 5.93. The van der Waals surface area contributed by atoms with E-state index in [9.17, 15) is 4.79 Å². The van der Waals surface area contributed by atoms with E-state index in [4.69, 9.17) is 0 Å². The van der Waals surface area contributed by atoms with Crippen molar-refractivity contribution in [1.29, 1.82) is 0 Å². The Hall–Kier alpha value is -1.65. The van der Waals surface area contributed by atoms with E-state index in [1.54, 1.807) is 18.1 Å². The molecule has 5 nitrogen and oxygen atoms in total. The normalized spacial score (nSPS) is 19.8. The molecule has 0 N–H and O–H groups in total. The van der Waals surface area contributed by atoms with Crippen LogP contribution >= 0.6 is 0 Å². The molecule has 0 fully saturated rings. The van der Waals surface area contributed by atoms with Gasteiger partial charge >= 0.3 is 0 Å². The fraction of sp³-hybridized carbons (Fsp3) is 0.583. The van der Waals surface area contributed by atoms with Crippen LogP contribution in [0, 0.1) is 0 Å². The van der Waals surface area contributed by atoms with Crippen molar-refractivity contribution >= 4 is 17.4 Å². The van der Waals surface area contributed by atoms with Gasteiger partial charge in [0.2, 0.25) is 5.91 Å². The highest BCUT2D eigenvalue weighted by atomic mass is 16.2. The molecule has 1 aromatic heterocycles. The highest BCUT2D eigenvalue weighted by molar-refractivity contribution is 6.04. The lowest BCUT2D eigenvalue weighted by Gasteiger charge is -2.42. The van der Waals surface area contributed by atoms with Crippen LogP contribution in [0.25, 0.3) is 0 Å². The van der Waals surface area contributed by atoms with Gasteiger partial charge in [-0.05, 0) is 20.3 Å². The molecule has 0 saturated carbocycles. The zero-order chi connectivity index (χ0) is 12.6. The number of likely N-dealkylation sites (N-methyl/N-ethyl adjacent to an activating group) is 1. The van der Waals surface area contributed by atoms with Crippen LogP contribution in [0.3, 0.4) is 0 Å². The third kappa shape index (κ3) is 1.75. The predicted octanol–water partition coefficient (Wildman–Crippen LogP) is 1.45. The molecule has 0 bridgehead atoms. The number of anilines is 2. The summed E-state index contributed by atoms with van der Waals surface area (Å²) in [5, 5.41) is 0. The standard InChI is InChI=1S/C12H18N4O/c1-5-9-12(17)15(4)10-6-13-7-14-11(10)16(9)8(2)3/h6-9H,5H2,1-4H3/t9-/m1/s1. The van der Waals surface area contributed by atoms with Gasteiger partial charge in [-0.2, -0.15) is 0 Å². The zero-order valence-electron chi connectivity index (χ0n) is 10.7. The predicted molar refractivity (Wildman–Crippen MR) is 67.1 cm³/mol. The molecular formula is C12H18N4O. The molecule has 17 heavy (non-hydrogen) atoms. The van der Waals surface area contributed by atoms with Crippen molar-refractivity contribution in [3.05, 3.63) is 12.5 Å². The van der Waals surface area contributed by atoms with Crippen LogP contribution in [-0.2, 0) is 4.79 Å². The Bertz CT molecular complexity index is 432. The second kappa shape index (κ2) is 4.31. The summed E-state index contributed by atoms with van der Waals surface area (Å²) in [7, 11) is 1.78. The topological polar surface area (TPSA) is 49.3 Å². The summed E-state index contributed by atoms with van der Waals surface area (Å²) in [6.45, 7) is 6.18. The molecule has 1 aliphatic heterocycles. The SMILES string of the molecule is CC[C@@H]1C(=O)N(C)c2cncnc2N1C(C)C. The summed E-state index contributed by atoms with van der Waals surface area (Å²) in [6.07, 6.45) is 4.01. The van der Waals surface area contributed by atoms with Gasteiger partial charge in [0.15, 0.2) is 5.82 Å². The van der Waals surface area contributed by atoms with Gasteiger partial charge in [-0.3, -0.25) is 4.79 Å². The molecular weight excluding hydrogens is 216 g/mol. The van der Waals surface area contributed by atoms with Crippen LogP contribution in [0.5, 0.6) is 0 Å². The van der Waals surface area contributed by atoms with E-state index in [0.29, 0.717) is 0 Å². The summed E-state index contributed by atoms with van der Waals surface area (Å²) in [5.41, 5.74) is 0.788. The lowest BCUT2D eigenvalue weighted by molar-refractivity contribution is -0.120. The average Bonchev–Trinajstić information content (AvgIpc) is 2.33. The van der Waals surface area contributed by atoms with E-state index in [0.717, 1.165) is 17.9 Å². The smallest absolute Gasteiger partial charge is 0.249 e. The van der Waals surface area contributed by atoms with Crippen molar-refractivity contribution in [2.75, 3.05) is 16.8 Å². The second-order valence-electron chi connectivity index (χ2n) is 4.55. The van der Waals surface area contributed by atoms with Gasteiger partial charge in [-0.15, -0.1) is 0 Å². The number of aromatic nitrogens is 2. The minimum absolute atomic E-state index is 0.114. The van der Waals surface area contributed by atoms with Crippen LogP contribution < -0.4 is 9.80 Å². The maximum absolute atomic E-state index is 12.3. The molecule has 0 aromatic carbocycles. The number of carbonyl (C=O) groups excluding carboxylic acids is 1. The van der Waals surface area contributed by atoms with E-state index in [2.05, 4.69) is 28.7 Å². The van der Waals surface area contributed by atoms with Gasteiger partial charge in [-0.1, -0.05) is 6.92 Å². The number of carbonyl (C=O) groups is 1. The summed E-state index contributed by atoms with van der Waals surface area (Å²) in [4.78, 5) is 24.3. The number of rotatable bonds is 2. The Balaban J connectivity index is 2.56. The van der Waals surface area contributed by atoms with Crippen LogP contribution in [0.1, 0.15) is 27.2 Å².